The summed E-state index contributed by atoms with van der Waals surface area (Å²) in [6.07, 6.45) is 0.736. The van der Waals surface area contributed by atoms with Crippen LogP contribution in [0.5, 0.6) is 0 Å². The van der Waals surface area contributed by atoms with Crippen LogP contribution in [0.1, 0.15) is 41.0 Å². The van der Waals surface area contributed by atoms with E-state index >= 15 is 0 Å². The van der Waals surface area contributed by atoms with E-state index in [0.29, 0.717) is 0 Å². The molecule has 0 amide bonds. The molecule has 0 aromatic carbocycles. The largest absolute Gasteiger partial charge is 0.384 e. The number of aliphatic hydroxyl groups is 1. The van der Waals surface area contributed by atoms with Crippen LogP contribution in [0.4, 0.5) is 0 Å². The Kier molecular flexibility index (Phi) is 9.21. The van der Waals surface area contributed by atoms with Gasteiger partial charge in [-0.1, -0.05) is 20.8 Å². The van der Waals surface area contributed by atoms with Gasteiger partial charge in [0, 0.05) is 53.1 Å². The average Bonchev–Trinajstić information content (AvgIpc) is 2.03. The molecule has 0 saturated carbocycles. The number of aliphatic imine (C=N–C) groups is 1. The molecule has 0 radical (unpaired) electrons. The molecule has 76 valence electrons. The number of hydrogen-bond donors (Lipinski definition) is 1. The Labute approximate surface area is 115 Å². The van der Waals surface area contributed by atoms with Crippen molar-refractivity contribution in [3.8, 4) is 0 Å². The number of rotatable bonds is 4. The molecule has 0 aliphatic heterocycles. The molecule has 0 saturated heterocycles. The predicted octanol–water partition coefficient (Wildman–Crippen LogP) is 2.26. The maximum absolute atomic E-state index is 10.2. The summed E-state index contributed by atoms with van der Waals surface area (Å²) in [6, 6.07) is 0. The van der Waals surface area contributed by atoms with Crippen LogP contribution >= 0.6 is 0 Å². The smallest absolute Gasteiger partial charge is 0.104 e. The van der Waals surface area contributed by atoms with E-state index in [1.54, 1.807) is 0 Å². The van der Waals surface area contributed by atoms with E-state index < -0.39 is 5.60 Å². The molecule has 0 heterocycles. The van der Waals surface area contributed by atoms with E-state index in [-0.39, 0.29) is 46.8 Å². The van der Waals surface area contributed by atoms with E-state index in [9.17, 15) is 5.11 Å². The van der Waals surface area contributed by atoms with Gasteiger partial charge < -0.3 is 5.11 Å². The third-order valence-corrected chi connectivity index (χ3v) is 2.52. The molecule has 2 nitrogen and oxygen atoms in total. The van der Waals surface area contributed by atoms with Gasteiger partial charge in [0.15, 0.2) is 0 Å². The van der Waals surface area contributed by atoms with E-state index in [0.717, 1.165) is 18.7 Å². The van der Waals surface area contributed by atoms with Gasteiger partial charge in [-0.3, -0.25) is 4.99 Å². The molecule has 1 N–H and O–H groups in total. The summed E-state index contributed by atoms with van der Waals surface area (Å²) >= 11 is 0. The summed E-state index contributed by atoms with van der Waals surface area (Å²) in [7, 11) is 0. The van der Waals surface area contributed by atoms with Crippen LogP contribution in [0.3, 0.4) is 0 Å². The van der Waals surface area contributed by atoms with Crippen LogP contribution in [-0.2, 0) is 0 Å². The fraction of sp³-hybridized carbons (Fsp3) is 0.900. The Hall–Kier alpha value is 0.981. The summed E-state index contributed by atoms with van der Waals surface area (Å²) in [4.78, 5) is 4.26. The van der Waals surface area contributed by atoms with Crippen LogP contribution in [0.15, 0.2) is 4.99 Å². The molecule has 0 aromatic heterocycles. The first kappa shape index (κ1) is 16.4. The maximum atomic E-state index is 10.2. The van der Waals surface area contributed by atoms with Crippen molar-refractivity contribution in [1.82, 2.24) is 0 Å². The Morgan fingerprint density at radius 1 is 1.38 bits per heavy atom. The van der Waals surface area contributed by atoms with Crippen molar-refractivity contribution in [2.24, 2.45) is 10.9 Å². The molecule has 0 rings (SSSR count). The molecule has 0 spiro atoms. The minimum absolute atomic E-state index is 0. The topological polar surface area (TPSA) is 32.6 Å². The summed E-state index contributed by atoms with van der Waals surface area (Å²) in [6.45, 7) is 10.7. The zero-order chi connectivity index (χ0) is 9.78. The van der Waals surface area contributed by atoms with E-state index in [1.165, 1.54) is 0 Å². The van der Waals surface area contributed by atoms with Crippen LogP contribution < -0.4 is 0 Å². The monoisotopic (exact) mass is 313 g/mol. The summed E-state index contributed by atoms with van der Waals surface area (Å²) in [5, 5.41) is 10.2. The third kappa shape index (κ3) is 4.34. The molecule has 0 bridgehead atoms. The van der Waals surface area contributed by atoms with E-state index in [1.807, 2.05) is 34.6 Å². The third-order valence-electron chi connectivity index (χ3n) is 2.52. The molecule has 0 aromatic rings. The predicted molar refractivity (Wildman–Crippen MR) is 53.7 cm³/mol. The molecule has 0 fully saturated rings. The first-order chi connectivity index (χ1) is 5.49. The van der Waals surface area contributed by atoms with Crippen LogP contribution in [0.25, 0.3) is 0 Å². The first-order valence-corrected chi connectivity index (χ1v) is 4.72. The fourth-order valence-electron chi connectivity index (χ4n) is 1.46. The first-order valence-electron chi connectivity index (χ1n) is 4.72. The van der Waals surface area contributed by atoms with Crippen molar-refractivity contribution in [1.29, 1.82) is 0 Å². The fourth-order valence-corrected chi connectivity index (χ4v) is 1.46. The average molecular weight is 316 g/mol. The van der Waals surface area contributed by atoms with Crippen molar-refractivity contribution in [3.63, 3.8) is 0 Å². The quantitative estimate of drug-likeness (QED) is 0.793. The maximum Gasteiger partial charge on any atom is 0.104 e. The second kappa shape index (κ2) is 7.30. The Morgan fingerprint density at radius 2 is 1.85 bits per heavy atom. The van der Waals surface area contributed by atoms with Gasteiger partial charge >= 0.3 is 0 Å². The standard InChI is InChI=1S/C10H21NO.Nd/c1-6-10(12,8(3)4)9(5)11-7-2;/h8,12H,6-7H2,1-5H3;. The van der Waals surface area contributed by atoms with Gasteiger partial charge in [-0.15, -0.1) is 0 Å². The molecular weight excluding hydrogens is 294 g/mol. The minimum atomic E-state index is -0.698. The van der Waals surface area contributed by atoms with Crippen LogP contribution in [-0.4, -0.2) is 23.0 Å². The van der Waals surface area contributed by atoms with Gasteiger partial charge in [0.25, 0.3) is 0 Å². The van der Waals surface area contributed by atoms with Crippen molar-refractivity contribution in [3.05, 3.63) is 0 Å². The normalized spacial score (nSPS) is 16.7. The summed E-state index contributed by atoms with van der Waals surface area (Å²) < 4.78 is 0. The van der Waals surface area contributed by atoms with Crippen molar-refractivity contribution >= 4 is 5.71 Å². The van der Waals surface area contributed by atoms with Crippen molar-refractivity contribution < 1.29 is 45.9 Å². The SMILES string of the molecule is CCN=C(C)C(O)(CC)C(C)C.[Nd]. The second-order valence-electron chi connectivity index (χ2n) is 3.49. The van der Waals surface area contributed by atoms with Crippen LogP contribution in [0, 0.1) is 46.8 Å². The van der Waals surface area contributed by atoms with Gasteiger partial charge in [-0.05, 0) is 26.2 Å². The zero-order valence-corrected chi connectivity index (χ0v) is 12.6. The van der Waals surface area contributed by atoms with Crippen molar-refractivity contribution in [2.45, 2.75) is 46.6 Å². The summed E-state index contributed by atoms with van der Waals surface area (Å²) in [5.74, 6) is 0.234. The van der Waals surface area contributed by atoms with Crippen molar-refractivity contribution in [2.75, 3.05) is 6.54 Å². The van der Waals surface area contributed by atoms with Crippen LogP contribution in [0.2, 0.25) is 0 Å². The second-order valence-corrected chi connectivity index (χ2v) is 3.49. The number of hydrogen-bond acceptors (Lipinski definition) is 2. The van der Waals surface area contributed by atoms with E-state index in [4.69, 9.17) is 0 Å². The Morgan fingerprint density at radius 3 is 2.08 bits per heavy atom. The molecular formula is C10H21NNdO. The summed E-state index contributed by atoms with van der Waals surface area (Å²) in [5.41, 5.74) is 0.165. The van der Waals surface area contributed by atoms with Gasteiger partial charge in [-0.2, -0.15) is 0 Å². The molecule has 0 aliphatic rings. The Balaban J connectivity index is 0. The van der Waals surface area contributed by atoms with Gasteiger partial charge in [0.05, 0.1) is 0 Å². The van der Waals surface area contributed by atoms with E-state index in [2.05, 4.69) is 4.99 Å². The molecule has 3 heteroatoms. The molecule has 1 atom stereocenters. The molecule has 13 heavy (non-hydrogen) atoms. The van der Waals surface area contributed by atoms with Gasteiger partial charge in [0.1, 0.15) is 5.60 Å². The Bertz CT molecular complexity index is 168. The van der Waals surface area contributed by atoms with Gasteiger partial charge in [0.2, 0.25) is 0 Å². The molecule has 0 aliphatic carbocycles. The minimum Gasteiger partial charge on any atom is -0.384 e. The zero-order valence-electron chi connectivity index (χ0n) is 9.39. The number of nitrogens with zero attached hydrogens (tertiary/aromatic N) is 1. The molecule has 1 unspecified atom stereocenters. The van der Waals surface area contributed by atoms with Gasteiger partial charge in [-0.25, -0.2) is 0 Å².